The summed E-state index contributed by atoms with van der Waals surface area (Å²) < 4.78 is 1.97. The van der Waals surface area contributed by atoms with Gasteiger partial charge in [0.15, 0.2) is 0 Å². The summed E-state index contributed by atoms with van der Waals surface area (Å²) in [6, 6.07) is 10.3. The van der Waals surface area contributed by atoms with Crippen LogP contribution in [0.1, 0.15) is 42.0 Å². The summed E-state index contributed by atoms with van der Waals surface area (Å²) >= 11 is 0. The minimum Gasteiger partial charge on any atom is -0.388 e. The first-order valence-corrected chi connectivity index (χ1v) is 6.39. The van der Waals surface area contributed by atoms with Gasteiger partial charge in [0.05, 0.1) is 18.3 Å². The number of aliphatic hydroxyl groups excluding tert-OH is 1. The third-order valence-corrected chi connectivity index (χ3v) is 3.33. The lowest BCUT2D eigenvalue weighted by Gasteiger charge is -2.09. The molecule has 0 bridgehead atoms. The summed E-state index contributed by atoms with van der Waals surface area (Å²) in [5.41, 5.74) is 4.19. The number of hydrogen-bond donors (Lipinski definition) is 1. The molecule has 2 rings (SSSR count). The van der Waals surface area contributed by atoms with Gasteiger partial charge in [-0.25, -0.2) is 0 Å². The van der Waals surface area contributed by atoms with Crippen molar-refractivity contribution < 1.29 is 5.11 Å². The van der Waals surface area contributed by atoms with Crippen LogP contribution in [-0.2, 0) is 6.54 Å². The predicted molar refractivity (Wildman–Crippen MR) is 72.5 cm³/mol. The lowest BCUT2D eigenvalue weighted by atomic mass is 10.1. The molecule has 1 aromatic heterocycles. The molecule has 0 radical (unpaired) electrons. The molecule has 0 aliphatic rings. The number of aryl methyl sites for hydroxylation is 1. The maximum absolute atomic E-state index is 10.0. The van der Waals surface area contributed by atoms with E-state index in [-0.39, 0.29) is 0 Å². The molecular formula is C15H20N2O. The average Bonchev–Trinajstić information content (AvgIpc) is 2.65. The van der Waals surface area contributed by atoms with Gasteiger partial charge in [-0.3, -0.25) is 4.68 Å². The second-order valence-corrected chi connectivity index (χ2v) is 4.65. The van der Waals surface area contributed by atoms with Gasteiger partial charge in [-0.1, -0.05) is 37.3 Å². The molecule has 1 aromatic carbocycles. The quantitative estimate of drug-likeness (QED) is 0.897. The first-order valence-electron chi connectivity index (χ1n) is 6.39. The van der Waals surface area contributed by atoms with Gasteiger partial charge in [0, 0.05) is 11.3 Å². The van der Waals surface area contributed by atoms with Gasteiger partial charge in [-0.05, 0) is 25.8 Å². The Morgan fingerprint density at radius 2 is 1.89 bits per heavy atom. The van der Waals surface area contributed by atoms with Crippen molar-refractivity contribution in [1.29, 1.82) is 0 Å². The number of aliphatic hydroxyl groups is 1. The zero-order valence-corrected chi connectivity index (χ0v) is 11.2. The van der Waals surface area contributed by atoms with Gasteiger partial charge in [-0.15, -0.1) is 0 Å². The fourth-order valence-corrected chi connectivity index (χ4v) is 2.31. The molecule has 2 aromatic rings. The summed E-state index contributed by atoms with van der Waals surface area (Å²) in [5.74, 6) is 0. The molecule has 0 saturated heterocycles. The van der Waals surface area contributed by atoms with Gasteiger partial charge in [0.1, 0.15) is 0 Å². The van der Waals surface area contributed by atoms with Crippen molar-refractivity contribution in [2.24, 2.45) is 0 Å². The van der Waals surface area contributed by atoms with Crippen LogP contribution in [0.15, 0.2) is 30.3 Å². The van der Waals surface area contributed by atoms with E-state index in [0.29, 0.717) is 0 Å². The van der Waals surface area contributed by atoms with Crippen molar-refractivity contribution in [1.82, 2.24) is 9.78 Å². The van der Waals surface area contributed by atoms with Crippen molar-refractivity contribution in [3.8, 4) is 0 Å². The molecule has 3 heteroatoms. The summed E-state index contributed by atoms with van der Waals surface area (Å²) in [7, 11) is 0. The van der Waals surface area contributed by atoms with Crippen molar-refractivity contribution in [3.05, 3.63) is 52.8 Å². The van der Waals surface area contributed by atoms with Gasteiger partial charge in [-0.2, -0.15) is 5.10 Å². The van der Waals surface area contributed by atoms with Crippen LogP contribution < -0.4 is 0 Å². The van der Waals surface area contributed by atoms with Crippen LogP contribution in [-0.4, -0.2) is 14.9 Å². The van der Waals surface area contributed by atoms with E-state index in [1.165, 1.54) is 5.56 Å². The number of aromatic nitrogens is 2. The SMILES string of the molecule is CCC(O)c1c(C)nn(Cc2ccccc2)c1C. The second kappa shape index (κ2) is 5.36. The van der Waals surface area contributed by atoms with E-state index >= 15 is 0 Å². The fourth-order valence-electron chi connectivity index (χ4n) is 2.31. The summed E-state index contributed by atoms with van der Waals surface area (Å²) in [6.07, 6.45) is 0.313. The van der Waals surface area contributed by atoms with Crippen molar-refractivity contribution in [2.75, 3.05) is 0 Å². The molecule has 0 aliphatic carbocycles. The van der Waals surface area contributed by atoms with Crippen LogP contribution in [0.25, 0.3) is 0 Å². The van der Waals surface area contributed by atoms with Crippen LogP contribution in [0.5, 0.6) is 0 Å². The monoisotopic (exact) mass is 244 g/mol. The zero-order valence-electron chi connectivity index (χ0n) is 11.2. The highest BCUT2D eigenvalue weighted by Crippen LogP contribution is 2.24. The smallest absolute Gasteiger partial charge is 0.0823 e. The first-order chi connectivity index (χ1) is 8.63. The zero-order chi connectivity index (χ0) is 13.1. The number of hydrogen-bond acceptors (Lipinski definition) is 2. The van der Waals surface area contributed by atoms with E-state index in [9.17, 15) is 5.11 Å². The summed E-state index contributed by atoms with van der Waals surface area (Å²) in [5, 5.41) is 14.5. The molecule has 0 spiro atoms. The molecule has 0 fully saturated rings. The third kappa shape index (κ3) is 2.46. The van der Waals surface area contributed by atoms with Crippen LogP contribution >= 0.6 is 0 Å². The second-order valence-electron chi connectivity index (χ2n) is 4.65. The molecule has 1 atom stereocenters. The van der Waals surface area contributed by atoms with Gasteiger partial charge in [0.25, 0.3) is 0 Å². The van der Waals surface area contributed by atoms with E-state index in [2.05, 4.69) is 17.2 Å². The molecular weight excluding hydrogens is 224 g/mol. The van der Waals surface area contributed by atoms with E-state index in [1.54, 1.807) is 0 Å². The molecule has 1 unspecified atom stereocenters. The van der Waals surface area contributed by atoms with Crippen LogP contribution in [0.3, 0.4) is 0 Å². The lowest BCUT2D eigenvalue weighted by molar-refractivity contribution is 0.172. The fraction of sp³-hybridized carbons (Fsp3) is 0.400. The number of rotatable bonds is 4. The molecule has 18 heavy (non-hydrogen) atoms. The largest absolute Gasteiger partial charge is 0.388 e. The van der Waals surface area contributed by atoms with E-state index in [4.69, 9.17) is 0 Å². The first kappa shape index (κ1) is 12.8. The maximum atomic E-state index is 10.0. The van der Waals surface area contributed by atoms with Gasteiger partial charge < -0.3 is 5.11 Å². The standard InChI is InChI=1S/C15H20N2O/c1-4-14(18)15-11(2)16-17(12(15)3)10-13-8-6-5-7-9-13/h5-9,14,18H,4,10H2,1-3H3. The predicted octanol–water partition coefficient (Wildman–Crippen LogP) is 2.99. The lowest BCUT2D eigenvalue weighted by Crippen LogP contribution is -2.05. The van der Waals surface area contributed by atoms with Crippen LogP contribution in [0.2, 0.25) is 0 Å². The van der Waals surface area contributed by atoms with Gasteiger partial charge >= 0.3 is 0 Å². The maximum Gasteiger partial charge on any atom is 0.0823 e. The van der Waals surface area contributed by atoms with Crippen molar-refractivity contribution in [3.63, 3.8) is 0 Å². The number of benzene rings is 1. The van der Waals surface area contributed by atoms with Crippen LogP contribution in [0, 0.1) is 13.8 Å². The normalized spacial score (nSPS) is 12.7. The Balaban J connectivity index is 2.30. The average molecular weight is 244 g/mol. The van der Waals surface area contributed by atoms with E-state index in [1.807, 2.05) is 43.7 Å². The summed E-state index contributed by atoms with van der Waals surface area (Å²) in [6.45, 7) is 6.72. The van der Waals surface area contributed by atoms with E-state index < -0.39 is 6.10 Å². The molecule has 0 aliphatic heterocycles. The molecule has 0 amide bonds. The van der Waals surface area contributed by atoms with Crippen molar-refractivity contribution >= 4 is 0 Å². The highest BCUT2D eigenvalue weighted by atomic mass is 16.3. The molecule has 96 valence electrons. The van der Waals surface area contributed by atoms with Crippen LogP contribution in [0.4, 0.5) is 0 Å². The Hall–Kier alpha value is -1.61. The molecule has 0 saturated carbocycles. The minimum absolute atomic E-state index is 0.408. The Kier molecular flexibility index (Phi) is 3.82. The van der Waals surface area contributed by atoms with E-state index in [0.717, 1.165) is 29.9 Å². The third-order valence-electron chi connectivity index (χ3n) is 3.33. The molecule has 1 heterocycles. The van der Waals surface area contributed by atoms with Crippen molar-refractivity contribution in [2.45, 2.75) is 39.8 Å². The Morgan fingerprint density at radius 3 is 2.50 bits per heavy atom. The van der Waals surface area contributed by atoms with Gasteiger partial charge in [0.2, 0.25) is 0 Å². The number of nitrogens with zero attached hydrogens (tertiary/aromatic N) is 2. The Morgan fingerprint density at radius 1 is 1.22 bits per heavy atom. The minimum atomic E-state index is -0.408. The molecule has 3 nitrogen and oxygen atoms in total. The Labute approximate surface area is 108 Å². The highest BCUT2D eigenvalue weighted by Gasteiger charge is 2.17. The topological polar surface area (TPSA) is 38.1 Å². The molecule has 1 N–H and O–H groups in total. The summed E-state index contributed by atoms with van der Waals surface area (Å²) in [4.78, 5) is 0. The Bertz CT molecular complexity index is 517. The highest BCUT2D eigenvalue weighted by molar-refractivity contribution is 5.28.